The van der Waals surface area contributed by atoms with Crippen molar-refractivity contribution in [2.24, 2.45) is 0 Å². The first-order chi connectivity index (χ1) is 19.5. The number of hydrogen-bond donors (Lipinski definition) is 1. The van der Waals surface area contributed by atoms with Gasteiger partial charge >= 0.3 is 0 Å². The number of sulfone groups is 1. The molecule has 0 spiro atoms. The molecule has 0 saturated carbocycles. The molecule has 0 atom stereocenters. The molecule has 2 amide bonds. The van der Waals surface area contributed by atoms with Gasteiger partial charge < -0.3 is 15.0 Å². The van der Waals surface area contributed by atoms with Crippen molar-refractivity contribution >= 4 is 38.7 Å². The Kier molecular flexibility index (Phi) is 7.06. The third kappa shape index (κ3) is 5.03. The summed E-state index contributed by atoms with van der Waals surface area (Å²) in [6.07, 6.45) is 0. The van der Waals surface area contributed by atoms with Crippen LogP contribution in [0.3, 0.4) is 0 Å². The lowest BCUT2D eigenvalue weighted by atomic mass is 10.0. The van der Waals surface area contributed by atoms with Gasteiger partial charge in [0, 0.05) is 17.7 Å². The zero-order valence-corrected chi connectivity index (χ0v) is 23.2. The van der Waals surface area contributed by atoms with Gasteiger partial charge in [-0.2, -0.15) is 0 Å². The maximum Gasteiger partial charge on any atom is 0.271 e. The molecule has 1 heterocycles. The highest BCUT2D eigenvalue weighted by Crippen LogP contribution is 2.39. The molecule has 0 bridgehead atoms. The molecule has 1 aliphatic heterocycles. The molecule has 0 aromatic heterocycles. The number of benzene rings is 4. The molecule has 4 aromatic rings. The van der Waals surface area contributed by atoms with E-state index in [9.17, 15) is 28.1 Å². The number of carbonyl (C=O) groups excluding carboxylic acids is 2. The van der Waals surface area contributed by atoms with Crippen molar-refractivity contribution < 1.29 is 27.7 Å². The third-order valence-corrected chi connectivity index (χ3v) is 8.79. The zero-order chi connectivity index (χ0) is 29.5. The fourth-order valence-corrected chi connectivity index (χ4v) is 6.38. The fraction of sp³-hybridized carbons (Fsp3) is 0.133. The Labute approximate surface area is 236 Å². The minimum absolute atomic E-state index is 0.0290. The van der Waals surface area contributed by atoms with Crippen LogP contribution in [0, 0.1) is 24.0 Å². The smallest absolute Gasteiger partial charge is 0.271 e. The molecule has 0 radical (unpaired) electrons. The van der Waals surface area contributed by atoms with Gasteiger partial charge in [-0.3, -0.25) is 19.7 Å². The number of methoxy groups -OCH3 is 1. The Morgan fingerprint density at radius 2 is 1.73 bits per heavy atom. The number of rotatable bonds is 6. The molecule has 11 heteroatoms. The van der Waals surface area contributed by atoms with Crippen molar-refractivity contribution in [2.75, 3.05) is 17.3 Å². The highest BCUT2D eigenvalue weighted by molar-refractivity contribution is 7.91. The van der Waals surface area contributed by atoms with Gasteiger partial charge in [-0.05, 0) is 61.4 Å². The number of nitrogens with one attached hydrogen (secondary N) is 1. The van der Waals surface area contributed by atoms with Crippen LogP contribution in [0.5, 0.6) is 5.75 Å². The number of nitro benzene ring substituents is 1. The molecule has 0 saturated heterocycles. The maximum atomic E-state index is 13.9. The first kappa shape index (κ1) is 27.5. The number of fused-ring (bicyclic) bond motifs is 2. The SMILES string of the molecule is COc1ccc([N+](=O)[O-])cc1NC(=O)c1ccc2c(c1)N(Cc1cc(C)ccc1C)C(=O)c1ccccc1S2(=O)=O. The fourth-order valence-electron chi connectivity index (χ4n) is 4.75. The van der Waals surface area contributed by atoms with E-state index in [2.05, 4.69) is 5.32 Å². The summed E-state index contributed by atoms with van der Waals surface area (Å²) in [7, 11) is -2.77. The standard InChI is InChI=1S/C30H25N3O7S/c1-18-8-9-19(2)21(14-18)17-32-25-15-20(29(34)31-24-16-22(33(36)37)11-12-26(24)40-3)10-13-28(25)41(38,39)27-7-5-4-6-23(27)30(32)35/h4-16H,17H2,1-3H3,(H,31,34). The van der Waals surface area contributed by atoms with E-state index < -0.39 is 26.6 Å². The number of nitro groups is 1. The first-order valence-electron chi connectivity index (χ1n) is 12.5. The predicted octanol–water partition coefficient (Wildman–Crippen LogP) is 5.47. The van der Waals surface area contributed by atoms with Crippen molar-refractivity contribution in [3.63, 3.8) is 0 Å². The molecular weight excluding hydrogens is 546 g/mol. The lowest BCUT2D eigenvalue weighted by molar-refractivity contribution is -0.384. The van der Waals surface area contributed by atoms with E-state index in [4.69, 9.17) is 4.74 Å². The second-order valence-corrected chi connectivity index (χ2v) is 11.5. The molecule has 0 fully saturated rings. The van der Waals surface area contributed by atoms with Gasteiger partial charge in [0.25, 0.3) is 17.5 Å². The van der Waals surface area contributed by atoms with E-state index in [1.165, 1.54) is 54.5 Å². The van der Waals surface area contributed by atoms with Crippen LogP contribution in [0.2, 0.25) is 0 Å². The monoisotopic (exact) mass is 571 g/mol. The summed E-state index contributed by atoms with van der Waals surface area (Å²) in [5.74, 6) is -1.00. The maximum absolute atomic E-state index is 13.9. The average molecular weight is 572 g/mol. The van der Waals surface area contributed by atoms with Gasteiger partial charge in [0.05, 0.1) is 45.3 Å². The van der Waals surface area contributed by atoms with Gasteiger partial charge in [-0.25, -0.2) is 8.42 Å². The number of amides is 2. The van der Waals surface area contributed by atoms with Crippen LogP contribution in [-0.4, -0.2) is 32.3 Å². The second kappa shape index (κ2) is 10.5. The normalized spacial score (nSPS) is 13.5. The molecule has 1 aliphatic rings. The Morgan fingerprint density at radius 3 is 2.46 bits per heavy atom. The van der Waals surface area contributed by atoms with Gasteiger partial charge in [-0.15, -0.1) is 0 Å². The van der Waals surface area contributed by atoms with Crippen molar-refractivity contribution in [1.82, 2.24) is 0 Å². The summed E-state index contributed by atoms with van der Waals surface area (Å²) in [5, 5.41) is 13.9. The lowest BCUT2D eigenvalue weighted by Crippen LogP contribution is -2.31. The summed E-state index contributed by atoms with van der Waals surface area (Å²) in [6.45, 7) is 3.89. The third-order valence-electron chi connectivity index (χ3n) is 6.93. The van der Waals surface area contributed by atoms with E-state index in [1.54, 1.807) is 12.1 Å². The summed E-state index contributed by atoms with van der Waals surface area (Å²) >= 11 is 0. The predicted molar refractivity (Wildman–Crippen MR) is 152 cm³/mol. The van der Waals surface area contributed by atoms with Crippen molar-refractivity contribution in [2.45, 2.75) is 30.2 Å². The quantitative estimate of drug-likeness (QED) is 0.240. The van der Waals surface area contributed by atoms with Crippen LogP contribution in [0.25, 0.3) is 0 Å². The van der Waals surface area contributed by atoms with Crippen LogP contribution < -0.4 is 15.0 Å². The van der Waals surface area contributed by atoms with E-state index in [0.717, 1.165) is 22.8 Å². The Bertz CT molecular complexity index is 1850. The summed E-state index contributed by atoms with van der Waals surface area (Å²) in [5.41, 5.74) is 2.63. The van der Waals surface area contributed by atoms with E-state index >= 15 is 0 Å². The topological polar surface area (TPSA) is 136 Å². The second-order valence-electron chi connectivity index (χ2n) is 9.60. The molecule has 41 heavy (non-hydrogen) atoms. The van der Waals surface area contributed by atoms with Crippen LogP contribution in [0.4, 0.5) is 17.1 Å². The number of ether oxygens (including phenoxy) is 1. The van der Waals surface area contributed by atoms with E-state index in [0.29, 0.717) is 0 Å². The molecule has 0 unspecified atom stereocenters. The van der Waals surface area contributed by atoms with Crippen LogP contribution in [-0.2, 0) is 16.4 Å². The Balaban J connectivity index is 1.64. The van der Waals surface area contributed by atoms with Crippen LogP contribution in [0.1, 0.15) is 37.4 Å². The number of nitrogens with zero attached hydrogens (tertiary/aromatic N) is 2. The molecule has 4 aromatic carbocycles. The number of non-ortho nitro benzene ring substituents is 1. The molecule has 1 N–H and O–H groups in total. The van der Waals surface area contributed by atoms with Gasteiger partial charge in [0.15, 0.2) is 0 Å². The average Bonchev–Trinajstić information content (AvgIpc) is 3.02. The summed E-state index contributed by atoms with van der Waals surface area (Å²) in [4.78, 5) is 39.1. The van der Waals surface area contributed by atoms with Crippen molar-refractivity contribution in [3.8, 4) is 5.75 Å². The molecular formula is C30H25N3O7S. The molecule has 5 rings (SSSR count). The van der Waals surface area contributed by atoms with Crippen molar-refractivity contribution in [1.29, 1.82) is 0 Å². The molecule has 0 aliphatic carbocycles. The highest BCUT2D eigenvalue weighted by atomic mass is 32.2. The van der Waals surface area contributed by atoms with E-state index in [-0.39, 0.29) is 50.3 Å². The Morgan fingerprint density at radius 1 is 0.976 bits per heavy atom. The largest absolute Gasteiger partial charge is 0.495 e. The molecule has 10 nitrogen and oxygen atoms in total. The highest BCUT2D eigenvalue weighted by Gasteiger charge is 2.36. The zero-order valence-electron chi connectivity index (χ0n) is 22.4. The minimum Gasteiger partial charge on any atom is -0.495 e. The minimum atomic E-state index is -4.13. The van der Waals surface area contributed by atoms with Gasteiger partial charge in [0.2, 0.25) is 9.84 Å². The number of anilines is 2. The van der Waals surface area contributed by atoms with Crippen LogP contribution >= 0.6 is 0 Å². The lowest BCUT2D eigenvalue weighted by Gasteiger charge is -2.24. The van der Waals surface area contributed by atoms with Gasteiger partial charge in [0.1, 0.15) is 5.75 Å². The van der Waals surface area contributed by atoms with Crippen molar-refractivity contribution in [3.05, 3.63) is 117 Å². The summed E-state index contributed by atoms with van der Waals surface area (Å²) < 4.78 is 32.8. The number of carbonyl (C=O) groups is 2. The van der Waals surface area contributed by atoms with E-state index in [1.807, 2.05) is 32.0 Å². The Hall–Kier alpha value is -5.03. The number of aryl methyl sites for hydroxylation is 2. The molecule has 208 valence electrons. The first-order valence-corrected chi connectivity index (χ1v) is 14.0. The summed E-state index contributed by atoms with van der Waals surface area (Å²) in [6, 6.07) is 19.6. The number of hydrogen-bond acceptors (Lipinski definition) is 7. The van der Waals surface area contributed by atoms with Gasteiger partial charge in [-0.1, -0.05) is 35.9 Å². The van der Waals surface area contributed by atoms with Crippen LogP contribution in [0.15, 0.2) is 88.7 Å².